The molecule has 0 atom stereocenters. The second-order valence-corrected chi connectivity index (χ2v) is 8.48. The van der Waals surface area contributed by atoms with Crippen molar-refractivity contribution in [3.05, 3.63) is 101 Å². The number of benzene rings is 2. The van der Waals surface area contributed by atoms with Gasteiger partial charge in [-0.1, -0.05) is 54.6 Å². The first-order chi connectivity index (χ1) is 16.7. The predicted molar refractivity (Wildman–Crippen MR) is 129 cm³/mol. The number of nitrogens with one attached hydrogen (secondary N) is 1. The van der Waals surface area contributed by atoms with Crippen LogP contribution >= 0.6 is 0 Å². The maximum atomic E-state index is 13.1. The molecule has 0 saturated heterocycles. The van der Waals surface area contributed by atoms with Crippen LogP contribution in [0.4, 0.5) is 0 Å². The quantitative estimate of drug-likeness (QED) is 0.423. The molecule has 7 nitrogen and oxygen atoms in total. The summed E-state index contributed by atoms with van der Waals surface area (Å²) in [4.78, 5) is 15.4. The van der Waals surface area contributed by atoms with Crippen LogP contribution in [0, 0.1) is 0 Å². The van der Waals surface area contributed by atoms with Crippen LogP contribution in [0.5, 0.6) is 0 Å². The summed E-state index contributed by atoms with van der Waals surface area (Å²) < 4.78 is 7.43. The summed E-state index contributed by atoms with van der Waals surface area (Å²) in [5.74, 6) is 0.666. The number of carbonyl (C=O) groups is 1. The summed E-state index contributed by atoms with van der Waals surface area (Å²) in [7, 11) is 0. The molecular weight excluding hydrogens is 428 g/mol. The van der Waals surface area contributed by atoms with Crippen molar-refractivity contribution < 1.29 is 14.3 Å². The van der Waals surface area contributed by atoms with Crippen molar-refractivity contribution >= 4 is 5.91 Å². The van der Waals surface area contributed by atoms with E-state index in [9.17, 15) is 9.90 Å². The highest BCUT2D eigenvalue weighted by atomic mass is 16.3. The highest BCUT2D eigenvalue weighted by Crippen LogP contribution is 2.28. The lowest BCUT2D eigenvalue weighted by Gasteiger charge is -2.28. The van der Waals surface area contributed by atoms with Crippen LogP contribution < -0.4 is 5.32 Å². The standard InChI is InChI=1S/C27H28N4O3/c32-15-14-31-24-12-13-30(18-21-9-4-5-10-22(21)25-11-6-16-34-25)19-23(24)26(29-31)27(33)28-17-20-7-2-1-3-8-20/h1-11,16,32H,12-15,17-19H2,(H,28,33). The van der Waals surface area contributed by atoms with Crippen LogP contribution in [0.3, 0.4) is 0 Å². The van der Waals surface area contributed by atoms with Crippen LogP contribution in [-0.4, -0.2) is 38.8 Å². The number of fused-ring (bicyclic) bond motifs is 1. The molecular formula is C27H28N4O3. The van der Waals surface area contributed by atoms with Gasteiger partial charge in [-0.15, -0.1) is 0 Å². The number of hydrogen-bond donors (Lipinski definition) is 2. The number of amides is 1. The van der Waals surface area contributed by atoms with Gasteiger partial charge in [0.1, 0.15) is 5.76 Å². The zero-order chi connectivity index (χ0) is 23.3. The largest absolute Gasteiger partial charge is 0.464 e. The summed E-state index contributed by atoms with van der Waals surface area (Å²) in [6.45, 7) is 3.03. The number of rotatable bonds is 8. The molecule has 2 aromatic carbocycles. The third-order valence-corrected chi connectivity index (χ3v) is 6.23. The van der Waals surface area contributed by atoms with E-state index >= 15 is 0 Å². The van der Waals surface area contributed by atoms with Crippen molar-refractivity contribution in [2.45, 2.75) is 32.6 Å². The summed E-state index contributed by atoms with van der Waals surface area (Å²) in [5.41, 5.74) is 5.73. The van der Waals surface area contributed by atoms with Crippen LogP contribution in [0.2, 0.25) is 0 Å². The highest BCUT2D eigenvalue weighted by Gasteiger charge is 2.28. The number of nitrogens with zero attached hydrogens (tertiary/aromatic N) is 3. The first-order valence-corrected chi connectivity index (χ1v) is 11.6. The molecule has 1 aliphatic heterocycles. The van der Waals surface area contributed by atoms with E-state index in [1.165, 1.54) is 5.56 Å². The van der Waals surface area contributed by atoms with Gasteiger partial charge in [0.25, 0.3) is 5.91 Å². The van der Waals surface area contributed by atoms with Gasteiger partial charge in [-0.2, -0.15) is 5.10 Å². The monoisotopic (exact) mass is 456 g/mol. The summed E-state index contributed by atoms with van der Waals surface area (Å²) in [6.07, 6.45) is 2.46. The molecule has 2 aromatic heterocycles. The van der Waals surface area contributed by atoms with Crippen LogP contribution in [0.1, 0.15) is 32.9 Å². The van der Waals surface area contributed by atoms with Gasteiger partial charge in [-0.25, -0.2) is 0 Å². The number of carbonyl (C=O) groups excluding carboxylic acids is 1. The Morgan fingerprint density at radius 2 is 1.88 bits per heavy atom. The van der Waals surface area contributed by atoms with Gasteiger partial charge in [0, 0.05) is 49.4 Å². The number of furan rings is 1. The molecule has 0 unspecified atom stereocenters. The molecule has 5 rings (SSSR count). The molecule has 34 heavy (non-hydrogen) atoms. The second-order valence-electron chi connectivity index (χ2n) is 8.48. The Balaban J connectivity index is 1.37. The van der Waals surface area contributed by atoms with Crippen LogP contribution in [0.25, 0.3) is 11.3 Å². The van der Waals surface area contributed by atoms with Gasteiger partial charge in [0.15, 0.2) is 5.69 Å². The molecule has 0 fully saturated rings. The van der Waals surface area contributed by atoms with E-state index in [1.54, 1.807) is 10.9 Å². The molecule has 4 aromatic rings. The molecule has 2 N–H and O–H groups in total. The van der Waals surface area contributed by atoms with E-state index in [-0.39, 0.29) is 12.5 Å². The Hall–Kier alpha value is -3.68. The molecule has 174 valence electrons. The van der Waals surface area contributed by atoms with E-state index in [0.29, 0.717) is 25.3 Å². The molecule has 0 saturated carbocycles. The number of aliphatic hydroxyl groups is 1. The molecule has 1 amide bonds. The fourth-order valence-electron chi connectivity index (χ4n) is 4.58. The molecule has 0 radical (unpaired) electrons. The normalized spacial score (nSPS) is 13.6. The Morgan fingerprint density at radius 1 is 1.06 bits per heavy atom. The van der Waals surface area contributed by atoms with E-state index in [2.05, 4.69) is 27.4 Å². The maximum Gasteiger partial charge on any atom is 0.272 e. The zero-order valence-electron chi connectivity index (χ0n) is 19.0. The lowest BCUT2D eigenvalue weighted by Crippen LogP contribution is -2.32. The van der Waals surface area contributed by atoms with Crippen LogP contribution in [0.15, 0.2) is 77.4 Å². The van der Waals surface area contributed by atoms with E-state index in [0.717, 1.165) is 47.7 Å². The van der Waals surface area contributed by atoms with Gasteiger partial charge in [0.2, 0.25) is 0 Å². The van der Waals surface area contributed by atoms with Crippen molar-refractivity contribution in [1.82, 2.24) is 20.0 Å². The predicted octanol–water partition coefficient (Wildman–Crippen LogP) is 3.62. The molecule has 7 heteroatoms. The molecule has 0 aliphatic carbocycles. The van der Waals surface area contributed by atoms with Crippen molar-refractivity contribution in [1.29, 1.82) is 0 Å². The summed E-state index contributed by atoms with van der Waals surface area (Å²) in [6, 6.07) is 22.0. The SMILES string of the molecule is O=C(NCc1ccccc1)c1nn(CCO)c2c1CN(Cc1ccccc1-c1ccco1)CC2. The Kier molecular flexibility index (Phi) is 6.56. The van der Waals surface area contributed by atoms with Gasteiger partial charge >= 0.3 is 0 Å². The lowest BCUT2D eigenvalue weighted by molar-refractivity contribution is 0.0942. The minimum atomic E-state index is -0.186. The first kappa shape index (κ1) is 22.1. The highest BCUT2D eigenvalue weighted by molar-refractivity contribution is 5.94. The Labute approximate surface area is 198 Å². The first-order valence-electron chi connectivity index (χ1n) is 11.6. The smallest absolute Gasteiger partial charge is 0.272 e. The molecule has 1 aliphatic rings. The minimum absolute atomic E-state index is 0.0145. The van der Waals surface area contributed by atoms with Gasteiger partial charge in [-0.3, -0.25) is 14.4 Å². The lowest BCUT2D eigenvalue weighted by atomic mass is 10.0. The third kappa shape index (κ3) is 4.66. The van der Waals surface area contributed by atoms with E-state index in [4.69, 9.17) is 4.42 Å². The third-order valence-electron chi connectivity index (χ3n) is 6.23. The van der Waals surface area contributed by atoms with Gasteiger partial charge in [0.05, 0.1) is 19.4 Å². The summed E-state index contributed by atoms with van der Waals surface area (Å²) >= 11 is 0. The maximum absolute atomic E-state index is 13.1. The van der Waals surface area contributed by atoms with E-state index < -0.39 is 0 Å². The molecule has 0 bridgehead atoms. The number of aromatic nitrogens is 2. The van der Waals surface area contributed by atoms with Gasteiger partial charge in [-0.05, 0) is 23.3 Å². The topological polar surface area (TPSA) is 83.5 Å². The second kappa shape index (κ2) is 10.1. The van der Waals surface area contributed by atoms with Crippen molar-refractivity contribution in [2.75, 3.05) is 13.2 Å². The van der Waals surface area contributed by atoms with Crippen molar-refractivity contribution in [2.24, 2.45) is 0 Å². The number of aliphatic hydroxyl groups excluding tert-OH is 1. The number of hydrogen-bond acceptors (Lipinski definition) is 5. The van der Waals surface area contributed by atoms with E-state index in [1.807, 2.05) is 54.6 Å². The summed E-state index contributed by atoms with van der Waals surface area (Å²) in [5, 5.41) is 17.1. The Morgan fingerprint density at radius 3 is 2.68 bits per heavy atom. The average molecular weight is 457 g/mol. The minimum Gasteiger partial charge on any atom is -0.464 e. The molecule has 3 heterocycles. The van der Waals surface area contributed by atoms with Crippen molar-refractivity contribution in [3.63, 3.8) is 0 Å². The van der Waals surface area contributed by atoms with Crippen molar-refractivity contribution in [3.8, 4) is 11.3 Å². The van der Waals surface area contributed by atoms with Gasteiger partial charge < -0.3 is 14.8 Å². The zero-order valence-corrected chi connectivity index (χ0v) is 19.0. The average Bonchev–Trinajstić information content (AvgIpc) is 3.53. The fraction of sp³-hybridized carbons (Fsp3) is 0.259. The fourth-order valence-corrected chi connectivity index (χ4v) is 4.58. The Bertz CT molecular complexity index is 1250. The van der Waals surface area contributed by atoms with Crippen LogP contribution in [-0.2, 0) is 32.6 Å². The molecule has 0 spiro atoms.